The molecule has 0 aromatic carbocycles. The van der Waals surface area contributed by atoms with E-state index in [1.807, 2.05) is 20.8 Å². The quantitative estimate of drug-likeness (QED) is 0.617. The largest absolute Gasteiger partial charge is 0.433 e. The highest BCUT2D eigenvalue weighted by atomic mass is 19.4. The Labute approximate surface area is 175 Å². The van der Waals surface area contributed by atoms with Crippen LogP contribution in [0.4, 0.5) is 18.9 Å². The molecule has 0 atom stereocenters. The number of aromatic nitrogens is 5. The average Bonchev–Trinajstić information content (AvgIpc) is 3.28. The maximum Gasteiger partial charge on any atom is 0.433 e. The van der Waals surface area contributed by atoms with Gasteiger partial charge in [-0.05, 0) is 25.8 Å². The molecule has 31 heavy (non-hydrogen) atoms. The minimum Gasteiger partial charge on any atom is -0.350 e. The van der Waals surface area contributed by atoms with E-state index >= 15 is 0 Å². The summed E-state index contributed by atoms with van der Waals surface area (Å²) in [7, 11) is 0. The van der Waals surface area contributed by atoms with Gasteiger partial charge in [0.05, 0.1) is 5.69 Å². The Hall–Kier alpha value is -3.44. The molecule has 2 amide bonds. The van der Waals surface area contributed by atoms with Gasteiger partial charge in [0.15, 0.2) is 17.0 Å². The number of alkyl halides is 3. The molecule has 0 saturated heterocycles. The maximum absolute atomic E-state index is 13.3. The van der Waals surface area contributed by atoms with Gasteiger partial charge in [-0.15, -0.1) is 0 Å². The number of halogens is 3. The van der Waals surface area contributed by atoms with Gasteiger partial charge < -0.3 is 10.6 Å². The maximum atomic E-state index is 13.3. The summed E-state index contributed by atoms with van der Waals surface area (Å²) in [6.45, 7) is 7.96. The number of nitrogens with one attached hydrogen (secondary N) is 2. The Morgan fingerprint density at radius 1 is 1.16 bits per heavy atom. The number of hydrogen-bond acceptors (Lipinski definition) is 5. The van der Waals surface area contributed by atoms with E-state index in [4.69, 9.17) is 0 Å². The van der Waals surface area contributed by atoms with Crippen molar-refractivity contribution in [1.29, 1.82) is 0 Å². The molecule has 3 aromatic rings. The molecule has 3 rings (SSSR count). The second kappa shape index (κ2) is 8.36. The number of rotatable bonds is 6. The fourth-order valence-electron chi connectivity index (χ4n) is 2.82. The predicted molar refractivity (Wildman–Crippen MR) is 106 cm³/mol. The second-order valence-electron chi connectivity index (χ2n) is 7.39. The van der Waals surface area contributed by atoms with E-state index in [2.05, 4.69) is 25.8 Å². The van der Waals surface area contributed by atoms with Crippen molar-refractivity contribution in [3.8, 4) is 0 Å². The lowest BCUT2D eigenvalue weighted by atomic mass is 10.2. The molecule has 12 heteroatoms. The number of aryl methyl sites for hydroxylation is 2. The fraction of sp³-hybridized carbons (Fsp3) is 0.421. The molecular formula is C19H22F3N7O2. The molecule has 0 aliphatic rings. The summed E-state index contributed by atoms with van der Waals surface area (Å²) in [4.78, 5) is 29.2. The summed E-state index contributed by atoms with van der Waals surface area (Å²) >= 11 is 0. The van der Waals surface area contributed by atoms with Gasteiger partial charge in [0.25, 0.3) is 11.8 Å². The van der Waals surface area contributed by atoms with Crippen LogP contribution < -0.4 is 10.6 Å². The van der Waals surface area contributed by atoms with Crippen molar-refractivity contribution in [1.82, 2.24) is 29.7 Å². The Kier molecular flexibility index (Phi) is 6.00. The van der Waals surface area contributed by atoms with Crippen molar-refractivity contribution in [3.63, 3.8) is 0 Å². The smallest absolute Gasteiger partial charge is 0.350 e. The van der Waals surface area contributed by atoms with Gasteiger partial charge in [0.1, 0.15) is 5.69 Å². The third-order valence-electron chi connectivity index (χ3n) is 4.30. The lowest BCUT2D eigenvalue weighted by molar-refractivity contribution is -0.142. The Morgan fingerprint density at radius 3 is 2.48 bits per heavy atom. The highest BCUT2D eigenvalue weighted by Gasteiger charge is 2.35. The first-order valence-corrected chi connectivity index (χ1v) is 9.61. The first-order valence-electron chi connectivity index (χ1n) is 9.61. The minimum absolute atomic E-state index is 0.00423. The molecule has 0 spiro atoms. The van der Waals surface area contributed by atoms with Crippen LogP contribution in [0.25, 0.3) is 5.65 Å². The van der Waals surface area contributed by atoms with Gasteiger partial charge in [-0.25, -0.2) is 9.50 Å². The summed E-state index contributed by atoms with van der Waals surface area (Å²) in [6.07, 6.45) is -3.20. The molecule has 0 bridgehead atoms. The zero-order valence-electron chi connectivity index (χ0n) is 17.4. The van der Waals surface area contributed by atoms with E-state index in [0.29, 0.717) is 17.6 Å². The van der Waals surface area contributed by atoms with E-state index in [0.717, 1.165) is 12.1 Å². The van der Waals surface area contributed by atoms with Gasteiger partial charge >= 0.3 is 6.18 Å². The van der Waals surface area contributed by atoms with Gasteiger partial charge in [0, 0.05) is 31.0 Å². The summed E-state index contributed by atoms with van der Waals surface area (Å²) in [5, 5.41) is 13.2. The van der Waals surface area contributed by atoms with E-state index < -0.39 is 23.7 Å². The number of carbonyl (C=O) groups is 2. The molecular weight excluding hydrogens is 415 g/mol. The molecule has 0 radical (unpaired) electrons. The van der Waals surface area contributed by atoms with Crippen LogP contribution in [0.3, 0.4) is 0 Å². The number of fused-ring (bicyclic) bond motifs is 1. The Balaban J connectivity index is 1.92. The molecule has 0 aliphatic heterocycles. The Morgan fingerprint density at radius 2 is 1.87 bits per heavy atom. The highest BCUT2D eigenvalue weighted by Crippen LogP contribution is 2.30. The van der Waals surface area contributed by atoms with Crippen LogP contribution in [0.5, 0.6) is 0 Å². The number of nitrogens with zero attached hydrogens (tertiary/aromatic N) is 5. The number of hydrogen-bond donors (Lipinski definition) is 2. The lowest BCUT2D eigenvalue weighted by Crippen LogP contribution is -2.28. The molecule has 2 N–H and O–H groups in total. The molecule has 166 valence electrons. The lowest BCUT2D eigenvalue weighted by Gasteiger charge is -2.09. The van der Waals surface area contributed by atoms with Crippen LogP contribution in [0.15, 0.2) is 18.3 Å². The van der Waals surface area contributed by atoms with Gasteiger partial charge in [-0.2, -0.15) is 23.4 Å². The molecule has 0 unspecified atom stereocenters. The first-order chi connectivity index (χ1) is 14.5. The van der Waals surface area contributed by atoms with Gasteiger partial charge in [-0.3, -0.25) is 14.3 Å². The predicted octanol–water partition coefficient (Wildman–Crippen LogP) is 2.91. The number of amides is 2. The molecule has 3 heterocycles. The normalized spacial score (nSPS) is 11.9. The third kappa shape index (κ3) is 4.84. The van der Waals surface area contributed by atoms with Gasteiger partial charge in [0.2, 0.25) is 0 Å². The summed E-state index contributed by atoms with van der Waals surface area (Å²) in [5.74, 6) is -1.04. The van der Waals surface area contributed by atoms with Crippen LogP contribution in [0.1, 0.15) is 53.1 Å². The number of carbonyl (C=O) groups excluding carboxylic acids is 2. The topological polar surface area (TPSA) is 106 Å². The third-order valence-corrected chi connectivity index (χ3v) is 4.30. The Bertz CT molecular complexity index is 1130. The van der Waals surface area contributed by atoms with Crippen molar-refractivity contribution >= 4 is 23.1 Å². The second-order valence-corrected chi connectivity index (χ2v) is 7.39. The molecule has 0 aliphatic carbocycles. The van der Waals surface area contributed by atoms with Crippen molar-refractivity contribution in [2.24, 2.45) is 5.92 Å². The minimum atomic E-state index is -4.67. The van der Waals surface area contributed by atoms with Crippen LogP contribution in [-0.2, 0) is 12.7 Å². The van der Waals surface area contributed by atoms with Crippen LogP contribution in [-0.4, -0.2) is 42.7 Å². The van der Waals surface area contributed by atoms with Gasteiger partial charge in [-0.1, -0.05) is 13.8 Å². The SMILES string of the molecule is CCn1cc(NC(=O)c2cc3nc(C)cc(C(F)(F)F)n3n2)c(C(=O)NCC(C)C)n1. The molecule has 0 saturated carbocycles. The van der Waals surface area contributed by atoms with E-state index in [9.17, 15) is 22.8 Å². The van der Waals surface area contributed by atoms with Crippen LogP contribution in [0, 0.1) is 12.8 Å². The molecule has 9 nitrogen and oxygen atoms in total. The number of anilines is 1. The van der Waals surface area contributed by atoms with E-state index in [1.54, 1.807) is 0 Å². The average molecular weight is 437 g/mol. The van der Waals surface area contributed by atoms with Crippen molar-refractivity contribution in [2.75, 3.05) is 11.9 Å². The van der Waals surface area contributed by atoms with E-state index in [1.165, 1.54) is 17.8 Å². The molecule has 0 fully saturated rings. The van der Waals surface area contributed by atoms with Crippen molar-refractivity contribution in [2.45, 2.75) is 40.4 Å². The highest BCUT2D eigenvalue weighted by molar-refractivity contribution is 6.07. The zero-order valence-corrected chi connectivity index (χ0v) is 17.4. The van der Waals surface area contributed by atoms with Crippen LogP contribution >= 0.6 is 0 Å². The zero-order chi connectivity index (χ0) is 22.9. The van der Waals surface area contributed by atoms with Crippen molar-refractivity contribution < 1.29 is 22.8 Å². The summed E-state index contributed by atoms with van der Waals surface area (Å²) < 4.78 is 42.0. The van der Waals surface area contributed by atoms with Crippen molar-refractivity contribution in [3.05, 3.63) is 41.1 Å². The summed E-state index contributed by atoms with van der Waals surface area (Å²) in [5.41, 5.74) is -1.16. The molecule has 3 aromatic heterocycles. The fourth-order valence-corrected chi connectivity index (χ4v) is 2.82. The first kappa shape index (κ1) is 22.2. The monoisotopic (exact) mass is 437 g/mol. The summed E-state index contributed by atoms with van der Waals surface area (Å²) in [6, 6.07) is 2.00. The van der Waals surface area contributed by atoms with Crippen LogP contribution in [0.2, 0.25) is 0 Å². The van der Waals surface area contributed by atoms with E-state index in [-0.39, 0.29) is 34.3 Å². The standard InChI is InChI=1S/C19H22F3N7O2/c1-5-28-9-13(16(27-28)18(31)23-8-10(2)3)25-17(30)12-7-15-24-11(4)6-14(19(20,21)22)29(15)26-12/h6-7,9-10H,5,8H2,1-4H3,(H,23,31)(H,25,30).